The molecule has 0 unspecified atom stereocenters. The number of carbonyl (C=O) groups excluding carboxylic acids is 2. The molecule has 1 rings (SSSR count). The number of amides is 1. The van der Waals surface area contributed by atoms with Crippen molar-refractivity contribution in [1.29, 1.82) is 0 Å². The van der Waals surface area contributed by atoms with Crippen molar-refractivity contribution < 1.29 is 14.3 Å². The molecule has 19 heavy (non-hydrogen) atoms. The third kappa shape index (κ3) is 2.70. The average molecular weight is 264 g/mol. The van der Waals surface area contributed by atoms with Gasteiger partial charge in [0.15, 0.2) is 0 Å². The van der Waals surface area contributed by atoms with Crippen molar-refractivity contribution in [3.05, 3.63) is 35.2 Å². The predicted octanol–water partition coefficient (Wildman–Crippen LogP) is 1.83. The molecule has 5 heteroatoms. The minimum Gasteiger partial charge on any atom is -0.461 e. The highest BCUT2D eigenvalue weighted by molar-refractivity contribution is 6.01. The fourth-order valence-corrected chi connectivity index (χ4v) is 2.17. The van der Waals surface area contributed by atoms with Gasteiger partial charge in [0.2, 0.25) is 0 Å². The van der Waals surface area contributed by atoms with Crippen LogP contribution in [0.15, 0.2) is 12.7 Å². The van der Waals surface area contributed by atoms with Crippen molar-refractivity contribution in [2.24, 2.45) is 0 Å². The van der Waals surface area contributed by atoms with Crippen LogP contribution >= 0.6 is 0 Å². The van der Waals surface area contributed by atoms with Crippen LogP contribution in [0.3, 0.4) is 0 Å². The first-order valence-corrected chi connectivity index (χ1v) is 6.19. The van der Waals surface area contributed by atoms with Crippen molar-refractivity contribution >= 4 is 11.9 Å². The summed E-state index contributed by atoms with van der Waals surface area (Å²) in [5.74, 6) is -0.622. The second kappa shape index (κ2) is 6.22. The molecule has 1 aromatic heterocycles. The van der Waals surface area contributed by atoms with E-state index in [9.17, 15) is 9.59 Å². The molecule has 0 aliphatic rings. The lowest BCUT2D eigenvalue weighted by molar-refractivity contribution is 0.0513. The van der Waals surface area contributed by atoms with Gasteiger partial charge >= 0.3 is 5.97 Å². The molecule has 0 atom stereocenters. The molecule has 0 aromatic carbocycles. The third-order valence-electron chi connectivity index (χ3n) is 3.00. The number of esters is 1. The summed E-state index contributed by atoms with van der Waals surface area (Å²) in [5.41, 5.74) is 2.31. The largest absolute Gasteiger partial charge is 0.461 e. The molecule has 0 spiro atoms. The van der Waals surface area contributed by atoms with Gasteiger partial charge in [0.1, 0.15) is 5.69 Å². The molecule has 0 bridgehead atoms. The molecule has 1 amide bonds. The van der Waals surface area contributed by atoms with Gasteiger partial charge < -0.3 is 14.6 Å². The Bertz CT molecular complexity index is 515. The highest BCUT2D eigenvalue weighted by Gasteiger charge is 2.26. The lowest BCUT2D eigenvalue weighted by Crippen LogP contribution is -2.19. The number of nitrogens with one attached hydrogen (secondary N) is 1. The summed E-state index contributed by atoms with van der Waals surface area (Å²) in [6.45, 7) is 9.74. The van der Waals surface area contributed by atoms with Crippen LogP contribution in [0.4, 0.5) is 0 Å². The zero-order valence-corrected chi connectivity index (χ0v) is 11.9. The van der Waals surface area contributed by atoms with Crippen molar-refractivity contribution in [2.75, 3.05) is 13.7 Å². The smallest absolute Gasteiger partial charge is 0.355 e. The molecule has 5 nitrogen and oxygen atoms in total. The quantitative estimate of drug-likeness (QED) is 0.652. The van der Waals surface area contributed by atoms with Crippen LogP contribution in [0.2, 0.25) is 0 Å². The maximum Gasteiger partial charge on any atom is 0.355 e. The van der Waals surface area contributed by atoms with Crippen molar-refractivity contribution in [2.45, 2.75) is 27.3 Å². The number of carbonyl (C=O) groups is 2. The molecule has 1 heterocycles. The highest BCUT2D eigenvalue weighted by atomic mass is 16.5. The van der Waals surface area contributed by atoms with Gasteiger partial charge in [-0.15, -0.1) is 6.58 Å². The molecular formula is C14H20N2O3. The van der Waals surface area contributed by atoms with Gasteiger partial charge in [0.05, 0.1) is 12.2 Å². The Morgan fingerprint density at radius 1 is 1.42 bits per heavy atom. The number of allylic oxidation sites excluding steroid dienone is 1. The first-order valence-electron chi connectivity index (χ1n) is 6.19. The number of hydrogen-bond donors (Lipinski definition) is 1. The molecule has 0 saturated heterocycles. The number of nitrogens with zero attached hydrogens (tertiary/aromatic N) is 1. The van der Waals surface area contributed by atoms with Crippen molar-refractivity contribution in [1.82, 2.24) is 9.88 Å². The van der Waals surface area contributed by atoms with Crippen LogP contribution in [0.1, 0.15) is 39.0 Å². The zero-order chi connectivity index (χ0) is 14.6. The van der Waals surface area contributed by atoms with E-state index in [0.717, 1.165) is 5.69 Å². The van der Waals surface area contributed by atoms with Gasteiger partial charge in [-0.05, 0) is 26.3 Å². The van der Waals surface area contributed by atoms with Gasteiger partial charge in [0.25, 0.3) is 5.91 Å². The topological polar surface area (TPSA) is 60.3 Å². The summed E-state index contributed by atoms with van der Waals surface area (Å²) >= 11 is 0. The first-order chi connectivity index (χ1) is 8.99. The van der Waals surface area contributed by atoms with Gasteiger partial charge in [-0.25, -0.2) is 4.79 Å². The molecule has 0 aliphatic heterocycles. The fourth-order valence-electron chi connectivity index (χ4n) is 2.17. The summed E-state index contributed by atoms with van der Waals surface area (Å²) in [7, 11) is 1.57. The molecule has 0 saturated carbocycles. The first kappa shape index (κ1) is 15.0. The van der Waals surface area contributed by atoms with Crippen LogP contribution in [-0.2, 0) is 11.3 Å². The fraction of sp³-hybridized carbons (Fsp3) is 0.429. The van der Waals surface area contributed by atoms with E-state index in [2.05, 4.69) is 11.9 Å². The van der Waals surface area contributed by atoms with Crippen molar-refractivity contribution in [3.8, 4) is 0 Å². The number of aromatic nitrogens is 1. The highest BCUT2D eigenvalue weighted by Crippen LogP contribution is 2.23. The number of hydrogen-bond acceptors (Lipinski definition) is 3. The van der Waals surface area contributed by atoms with Crippen LogP contribution in [-0.4, -0.2) is 30.1 Å². The molecule has 0 fully saturated rings. The lowest BCUT2D eigenvalue weighted by atomic mass is 10.1. The number of ether oxygens (including phenoxy) is 1. The maximum atomic E-state index is 12.0. The van der Waals surface area contributed by atoms with Crippen LogP contribution in [0.25, 0.3) is 0 Å². The SMILES string of the molecule is C=CCn1c(C)c(C(=O)NC)c(C)c1C(=O)OCC. The molecular weight excluding hydrogens is 244 g/mol. The van der Waals surface area contributed by atoms with E-state index in [1.807, 2.05) is 6.92 Å². The van der Waals surface area contributed by atoms with Gasteiger partial charge in [-0.3, -0.25) is 4.79 Å². The lowest BCUT2D eigenvalue weighted by Gasteiger charge is -2.08. The van der Waals surface area contributed by atoms with E-state index < -0.39 is 5.97 Å². The van der Waals surface area contributed by atoms with E-state index in [0.29, 0.717) is 30.0 Å². The Labute approximate surface area is 113 Å². The van der Waals surface area contributed by atoms with Crippen molar-refractivity contribution in [3.63, 3.8) is 0 Å². The second-order valence-electron chi connectivity index (χ2n) is 4.13. The van der Waals surface area contributed by atoms with Crippen LogP contribution in [0, 0.1) is 13.8 Å². The summed E-state index contributed by atoms with van der Waals surface area (Å²) in [6.07, 6.45) is 1.68. The molecule has 104 valence electrons. The monoisotopic (exact) mass is 264 g/mol. The Hall–Kier alpha value is -2.04. The molecule has 1 aromatic rings. The standard InChI is InChI=1S/C14H20N2O3/c1-6-8-16-10(4)11(13(17)15-5)9(3)12(16)14(18)19-7-2/h6H,1,7-8H2,2-5H3,(H,15,17). The summed E-state index contributed by atoms with van der Waals surface area (Å²) < 4.78 is 6.81. The molecule has 0 radical (unpaired) electrons. The van der Waals surface area contributed by atoms with Gasteiger partial charge in [-0.2, -0.15) is 0 Å². The summed E-state index contributed by atoms with van der Waals surface area (Å²) in [5, 5.41) is 2.59. The Kier molecular flexibility index (Phi) is 4.92. The minimum absolute atomic E-state index is 0.205. The third-order valence-corrected chi connectivity index (χ3v) is 3.00. The molecule has 0 aliphatic carbocycles. The van der Waals surface area contributed by atoms with E-state index in [-0.39, 0.29) is 5.91 Å². The van der Waals surface area contributed by atoms with Gasteiger partial charge in [-0.1, -0.05) is 6.08 Å². The Morgan fingerprint density at radius 2 is 2.05 bits per heavy atom. The number of rotatable bonds is 5. The Balaban J connectivity index is 3.47. The minimum atomic E-state index is -0.417. The second-order valence-corrected chi connectivity index (χ2v) is 4.13. The average Bonchev–Trinajstić information content (AvgIpc) is 2.61. The summed E-state index contributed by atoms with van der Waals surface area (Å²) in [4.78, 5) is 23.9. The molecule has 1 N–H and O–H groups in total. The normalized spacial score (nSPS) is 10.1. The predicted molar refractivity (Wildman–Crippen MR) is 73.4 cm³/mol. The van der Waals surface area contributed by atoms with E-state index >= 15 is 0 Å². The summed E-state index contributed by atoms with van der Waals surface area (Å²) in [6, 6.07) is 0. The Morgan fingerprint density at radius 3 is 2.53 bits per heavy atom. The maximum absolute atomic E-state index is 12.0. The zero-order valence-electron chi connectivity index (χ0n) is 11.9. The van der Waals surface area contributed by atoms with E-state index in [4.69, 9.17) is 4.74 Å². The van der Waals surface area contributed by atoms with E-state index in [1.54, 1.807) is 31.5 Å². The van der Waals surface area contributed by atoms with Gasteiger partial charge in [0, 0.05) is 19.3 Å². The van der Waals surface area contributed by atoms with Crippen LogP contribution < -0.4 is 5.32 Å². The van der Waals surface area contributed by atoms with E-state index in [1.165, 1.54) is 0 Å². The van der Waals surface area contributed by atoms with Crippen LogP contribution in [0.5, 0.6) is 0 Å².